The molecule has 0 amide bonds. The van der Waals surface area contributed by atoms with E-state index >= 15 is 0 Å². The summed E-state index contributed by atoms with van der Waals surface area (Å²) in [4.78, 5) is 4.33. The molecule has 0 aliphatic rings. The first kappa shape index (κ1) is 26.3. The maximum absolute atomic E-state index is 11.5. The van der Waals surface area contributed by atoms with E-state index in [2.05, 4.69) is 21.7 Å². The average molecular weight is 572 g/mol. The molecular formula is C26H22Cl3NORu+. The van der Waals surface area contributed by atoms with Crippen LogP contribution in [0.4, 0.5) is 0 Å². The van der Waals surface area contributed by atoms with E-state index < -0.39 is 5.60 Å². The number of aliphatic hydroxyl groups is 1. The van der Waals surface area contributed by atoms with E-state index in [0.29, 0.717) is 26.9 Å². The third-order valence-corrected chi connectivity index (χ3v) is 6.24. The van der Waals surface area contributed by atoms with Gasteiger partial charge in [-0.15, -0.1) is 0 Å². The van der Waals surface area contributed by atoms with Crippen molar-refractivity contribution in [3.63, 3.8) is 0 Å². The Hall–Kier alpha value is -2.00. The van der Waals surface area contributed by atoms with Crippen LogP contribution >= 0.6 is 32.9 Å². The summed E-state index contributed by atoms with van der Waals surface area (Å²) in [7, 11) is 5.57. The van der Waals surface area contributed by atoms with Crippen molar-refractivity contribution < 1.29 is 20.8 Å². The van der Waals surface area contributed by atoms with Crippen molar-refractivity contribution in [1.29, 1.82) is 0 Å². The van der Waals surface area contributed by atoms with Gasteiger partial charge in [0.1, 0.15) is 0 Å². The minimum absolute atomic E-state index is 0. The zero-order chi connectivity index (χ0) is 22.1. The molecular weight excluding hydrogens is 550 g/mol. The van der Waals surface area contributed by atoms with E-state index in [1.165, 1.54) is 5.56 Å². The van der Waals surface area contributed by atoms with Crippen LogP contribution in [-0.2, 0) is 21.3 Å². The Morgan fingerprint density at radius 2 is 1.22 bits per heavy atom. The first-order chi connectivity index (χ1) is 15.0. The number of nitrogens with zero attached hydrogens (tertiary/aromatic N) is 1. The average Bonchev–Trinajstić information content (AvgIpc) is 2.81. The number of rotatable bonds is 4. The van der Waals surface area contributed by atoms with Crippen LogP contribution in [0.5, 0.6) is 0 Å². The molecule has 1 N–H and O–H groups in total. The number of benzene rings is 3. The summed E-state index contributed by atoms with van der Waals surface area (Å²) in [5.74, 6) is 0. The van der Waals surface area contributed by atoms with Crippen LogP contribution in [0.3, 0.4) is 0 Å². The molecule has 0 bridgehead atoms. The van der Waals surface area contributed by atoms with Crippen molar-refractivity contribution in [2.75, 3.05) is 0 Å². The summed E-state index contributed by atoms with van der Waals surface area (Å²) >= 11 is 11.8. The summed E-state index contributed by atoms with van der Waals surface area (Å²) in [6, 6.07) is 29.8. The maximum atomic E-state index is 11.5. The molecule has 0 aliphatic heterocycles. The van der Waals surface area contributed by atoms with E-state index in [0.717, 1.165) is 0 Å². The van der Waals surface area contributed by atoms with Crippen LogP contribution in [0.15, 0.2) is 103 Å². The summed E-state index contributed by atoms with van der Waals surface area (Å²) in [6.07, 6.45) is 1.66. The van der Waals surface area contributed by atoms with E-state index in [-0.39, 0.29) is 23.1 Å². The van der Waals surface area contributed by atoms with E-state index in [9.17, 15) is 5.11 Å². The Balaban J connectivity index is 0.000000307. The first-order valence-electron chi connectivity index (χ1n) is 9.30. The van der Waals surface area contributed by atoms with Gasteiger partial charge in [0.2, 0.25) is 0 Å². The van der Waals surface area contributed by atoms with Gasteiger partial charge in [0, 0.05) is 23.7 Å². The Bertz CT molecular complexity index is 1060. The molecule has 1 aromatic heterocycles. The molecule has 32 heavy (non-hydrogen) atoms. The van der Waals surface area contributed by atoms with Gasteiger partial charge in [-0.2, -0.15) is 0 Å². The standard InChI is InChI=1S/C18H13Cl2NO.C7H6.CH3.ClH.Ru/c19-15-8-4-13(5-9-15)18(22,17-3-1-2-12-21-17)14-6-10-16(20)11-7-14;1-7-5-3-2-4-6-7;;;/h1-12,22H;1-6H;1H3;1H;/q;;+1;;+1/p-1. The molecule has 0 spiro atoms. The van der Waals surface area contributed by atoms with Crippen LogP contribution in [0.2, 0.25) is 10.0 Å². The van der Waals surface area contributed by atoms with Crippen LogP contribution in [-0.4, -0.2) is 14.7 Å². The molecule has 0 saturated heterocycles. The van der Waals surface area contributed by atoms with Crippen molar-refractivity contribution >= 4 is 37.5 Å². The molecule has 0 unspecified atom stereocenters. The number of halogens is 3. The molecule has 2 nitrogen and oxygen atoms in total. The number of hydrogen-bond donors (Lipinski definition) is 1. The molecule has 4 rings (SSSR count). The summed E-state index contributed by atoms with van der Waals surface area (Å²) in [6.45, 7) is 0. The van der Waals surface area contributed by atoms with Crippen molar-refractivity contribution in [2.24, 2.45) is 0 Å². The third kappa shape index (κ3) is 6.75. The van der Waals surface area contributed by atoms with Gasteiger partial charge in [0.25, 0.3) is 0 Å². The SMILES string of the molecule is OC(c1ccc(Cl)cc1)(c1ccc(Cl)cc1)c1ccccn1.[CH3+].[Cl][Ru]=[CH]c1ccccc1. The van der Waals surface area contributed by atoms with E-state index in [1.54, 1.807) is 60.8 Å². The van der Waals surface area contributed by atoms with Crippen molar-refractivity contribution in [2.45, 2.75) is 5.60 Å². The molecule has 6 heteroatoms. The second kappa shape index (κ2) is 12.9. The van der Waals surface area contributed by atoms with Gasteiger partial charge in [0.05, 0.1) is 5.69 Å². The van der Waals surface area contributed by atoms with Crippen molar-refractivity contribution in [3.05, 3.63) is 143 Å². The minimum atomic E-state index is -1.36. The van der Waals surface area contributed by atoms with Crippen molar-refractivity contribution in [1.82, 2.24) is 4.98 Å². The topological polar surface area (TPSA) is 33.1 Å². The third-order valence-electron chi connectivity index (χ3n) is 4.52. The Morgan fingerprint density at radius 1 is 0.719 bits per heavy atom. The molecule has 4 aromatic rings. The molecule has 1 heterocycles. The fraction of sp³-hybridized carbons (Fsp3) is 0.0385. The number of hydrogen-bond acceptors (Lipinski definition) is 2. The number of pyridine rings is 1. The van der Waals surface area contributed by atoms with Gasteiger partial charge in [-0.25, -0.2) is 0 Å². The van der Waals surface area contributed by atoms with Gasteiger partial charge < -0.3 is 5.11 Å². The summed E-state index contributed by atoms with van der Waals surface area (Å²) < 4.78 is 2.06. The predicted molar refractivity (Wildman–Crippen MR) is 133 cm³/mol. The predicted octanol–water partition coefficient (Wildman–Crippen LogP) is 7.20. The second-order valence-corrected chi connectivity index (χ2v) is 9.20. The van der Waals surface area contributed by atoms with Gasteiger partial charge in [0.15, 0.2) is 5.60 Å². The summed E-state index contributed by atoms with van der Waals surface area (Å²) in [5, 5.41) is 12.7. The van der Waals surface area contributed by atoms with Gasteiger partial charge in [-0.05, 0) is 47.5 Å². The zero-order valence-corrected chi connectivity index (χ0v) is 21.3. The quantitative estimate of drug-likeness (QED) is 0.208. The fourth-order valence-corrected chi connectivity index (χ4v) is 4.32. The van der Waals surface area contributed by atoms with E-state index in [4.69, 9.17) is 32.9 Å². The van der Waals surface area contributed by atoms with Crippen LogP contribution in [0.25, 0.3) is 0 Å². The van der Waals surface area contributed by atoms with Crippen LogP contribution in [0, 0.1) is 7.43 Å². The van der Waals surface area contributed by atoms with Gasteiger partial charge in [-0.1, -0.05) is 53.5 Å². The number of aromatic nitrogens is 1. The molecule has 3 aromatic carbocycles. The second-order valence-electron chi connectivity index (χ2n) is 6.53. The van der Waals surface area contributed by atoms with Crippen molar-refractivity contribution in [3.8, 4) is 0 Å². The van der Waals surface area contributed by atoms with Crippen LogP contribution < -0.4 is 0 Å². The Kier molecular flexibility index (Phi) is 10.6. The molecule has 0 atom stereocenters. The van der Waals surface area contributed by atoms with Gasteiger partial charge in [-0.3, -0.25) is 4.98 Å². The zero-order valence-electron chi connectivity index (χ0n) is 17.3. The normalized spacial score (nSPS) is 11.0. The Morgan fingerprint density at radius 3 is 1.66 bits per heavy atom. The molecule has 0 aliphatic carbocycles. The van der Waals surface area contributed by atoms with Crippen LogP contribution in [0.1, 0.15) is 22.4 Å². The van der Waals surface area contributed by atoms with E-state index in [1.807, 2.05) is 30.3 Å². The first-order valence-corrected chi connectivity index (χ1v) is 13.3. The van der Waals surface area contributed by atoms with Gasteiger partial charge >= 0.3 is 65.9 Å². The summed E-state index contributed by atoms with van der Waals surface area (Å²) in [5.41, 5.74) is 1.79. The molecule has 0 fully saturated rings. The fourth-order valence-electron chi connectivity index (χ4n) is 2.99. The Labute approximate surface area is 211 Å². The molecule has 165 valence electrons. The molecule has 0 saturated carbocycles. The monoisotopic (exact) mass is 571 g/mol. The molecule has 0 radical (unpaired) electrons.